The first-order chi connectivity index (χ1) is 10.5. The summed E-state index contributed by atoms with van der Waals surface area (Å²) in [6.45, 7) is 2.53. The zero-order valence-electron chi connectivity index (χ0n) is 12.8. The summed E-state index contributed by atoms with van der Waals surface area (Å²) < 4.78 is 18.5. The Kier molecular flexibility index (Phi) is 5.32. The maximum absolute atomic E-state index is 13.4. The number of halogens is 1. The van der Waals surface area contributed by atoms with E-state index in [1.54, 1.807) is 11.9 Å². The molecule has 0 aromatic heterocycles. The lowest BCUT2D eigenvalue weighted by molar-refractivity contribution is -0.122. The molecule has 0 saturated carbocycles. The lowest BCUT2D eigenvalue weighted by Crippen LogP contribution is -2.50. The Balaban J connectivity index is 2.01. The molecule has 0 bridgehead atoms. The van der Waals surface area contributed by atoms with Gasteiger partial charge in [-0.25, -0.2) is 4.39 Å². The fraction of sp³-hybridized carbons (Fsp3) is 0.467. The van der Waals surface area contributed by atoms with Crippen LogP contribution in [0, 0.1) is 5.82 Å². The number of methoxy groups -OCH3 is 1. The molecule has 0 atom stereocenters. The summed E-state index contributed by atoms with van der Waals surface area (Å²) in [7, 11) is 3.05. The predicted molar refractivity (Wildman–Crippen MR) is 79.4 cm³/mol. The van der Waals surface area contributed by atoms with Gasteiger partial charge in [-0.1, -0.05) is 0 Å². The van der Waals surface area contributed by atoms with Crippen molar-refractivity contribution in [3.63, 3.8) is 0 Å². The smallest absolute Gasteiger partial charge is 0.257 e. The number of carbonyl (C=O) groups is 2. The Morgan fingerprint density at radius 3 is 2.55 bits per heavy atom. The number of amides is 2. The van der Waals surface area contributed by atoms with Crippen molar-refractivity contribution < 1.29 is 18.7 Å². The van der Waals surface area contributed by atoms with E-state index >= 15 is 0 Å². The van der Waals surface area contributed by atoms with Gasteiger partial charge in [-0.2, -0.15) is 0 Å². The fourth-order valence-electron chi connectivity index (χ4n) is 2.41. The molecule has 1 N–H and O–H groups in total. The van der Waals surface area contributed by atoms with Crippen molar-refractivity contribution in [3.8, 4) is 5.75 Å². The van der Waals surface area contributed by atoms with E-state index in [1.807, 2.05) is 4.90 Å². The number of ether oxygens (including phenoxy) is 1. The SMILES string of the molecule is CNC(=O)CN1CCN(C(=O)c2cc(F)ccc2OC)CC1. The van der Waals surface area contributed by atoms with Gasteiger partial charge in [0, 0.05) is 33.2 Å². The van der Waals surface area contributed by atoms with Gasteiger partial charge in [-0.05, 0) is 18.2 Å². The molecule has 6 nitrogen and oxygen atoms in total. The standard InChI is InChI=1S/C15H20FN3O3/c1-17-14(20)10-18-5-7-19(8-6-18)15(21)12-9-11(16)3-4-13(12)22-2/h3-4,9H,5-8,10H2,1-2H3,(H,17,20). The summed E-state index contributed by atoms with van der Waals surface area (Å²) in [5.74, 6) is -0.413. The summed E-state index contributed by atoms with van der Waals surface area (Å²) >= 11 is 0. The minimum absolute atomic E-state index is 0.0495. The first-order valence-corrected chi connectivity index (χ1v) is 7.11. The average Bonchev–Trinajstić information content (AvgIpc) is 2.54. The summed E-state index contributed by atoms with van der Waals surface area (Å²) in [6.07, 6.45) is 0. The van der Waals surface area contributed by atoms with Crippen molar-refractivity contribution in [1.82, 2.24) is 15.1 Å². The van der Waals surface area contributed by atoms with Gasteiger partial charge in [0.1, 0.15) is 11.6 Å². The van der Waals surface area contributed by atoms with E-state index in [0.717, 1.165) is 0 Å². The summed E-state index contributed by atoms with van der Waals surface area (Å²) in [4.78, 5) is 27.5. The normalized spacial score (nSPS) is 15.5. The summed E-state index contributed by atoms with van der Waals surface area (Å²) in [5, 5.41) is 2.57. The average molecular weight is 309 g/mol. The number of nitrogens with one attached hydrogen (secondary N) is 1. The zero-order chi connectivity index (χ0) is 16.1. The first-order valence-electron chi connectivity index (χ1n) is 7.11. The molecule has 0 aliphatic carbocycles. The molecule has 120 valence electrons. The second kappa shape index (κ2) is 7.22. The number of carbonyl (C=O) groups excluding carboxylic acids is 2. The topological polar surface area (TPSA) is 61.9 Å². The fourth-order valence-corrected chi connectivity index (χ4v) is 2.41. The maximum atomic E-state index is 13.4. The molecule has 1 aliphatic heterocycles. The minimum atomic E-state index is -0.470. The van der Waals surface area contributed by atoms with E-state index in [1.165, 1.54) is 25.3 Å². The number of nitrogens with zero attached hydrogens (tertiary/aromatic N) is 2. The van der Waals surface area contributed by atoms with Crippen LogP contribution in [0.5, 0.6) is 5.75 Å². The molecule has 2 rings (SSSR count). The molecule has 0 spiro atoms. The van der Waals surface area contributed by atoms with Gasteiger partial charge in [0.05, 0.1) is 19.2 Å². The molecule has 22 heavy (non-hydrogen) atoms. The van der Waals surface area contributed by atoms with Crippen LogP contribution < -0.4 is 10.1 Å². The van der Waals surface area contributed by atoms with Crippen LogP contribution in [0.15, 0.2) is 18.2 Å². The monoisotopic (exact) mass is 309 g/mol. The van der Waals surface area contributed by atoms with Gasteiger partial charge < -0.3 is 15.0 Å². The van der Waals surface area contributed by atoms with Crippen molar-refractivity contribution in [2.24, 2.45) is 0 Å². The molecule has 1 aromatic rings. The van der Waals surface area contributed by atoms with Crippen LogP contribution in [0.2, 0.25) is 0 Å². The highest BCUT2D eigenvalue weighted by molar-refractivity contribution is 5.97. The highest BCUT2D eigenvalue weighted by Crippen LogP contribution is 2.21. The third kappa shape index (κ3) is 3.73. The number of likely N-dealkylation sites (N-methyl/N-ethyl adjacent to an activating group) is 1. The van der Waals surface area contributed by atoms with Gasteiger partial charge in [0.2, 0.25) is 5.91 Å². The molecule has 1 aliphatic rings. The predicted octanol–water partition coefficient (Wildman–Crippen LogP) is 0.338. The van der Waals surface area contributed by atoms with Crippen LogP contribution in [0.4, 0.5) is 4.39 Å². The van der Waals surface area contributed by atoms with Crippen LogP contribution in [0.1, 0.15) is 10.4 Å². The lowest BCUT2D eigenvalue weighted by atomic mass is 10.1. The third-order valence-electron chi connectivity index (χ3n) is 3.70. The van der Waals surface area contributed by atoms with Crippen LogP contribution in [0.3, 0.4) is 0 Å². The molecule has 0 unspecified atom stereocenters. The molecule has 1 aromatic carbocycles. The van der Waals surface area contributed by atoms with Gasteiger partial charge >= 0.3 is 0 Å². The molecule has 0 radical (unpaired) electrons. The summed E-state index contributed by atoms with van der Waals surface area (Å²) in [6, 6.07) is 3.90. The van der Waals surface area contributed by atoms with Crippen molar-refractivity contribution >= 4 is 11.8 Å². The number of piperazine rings is 1. The lowest BCUT2D eigenvalue weighted by Gasteiger charge is -2.34. The van der Waals surface area contributed by atoms with Crippen LogP contribution in [-0.2, 0) is 4.79 Å². The minimum Gasteiger partial charge on any atom is -0.496 e. The second-order valence-corrected chi connectivity index (χ2v) is 5.09. The van der Waals surface area contributed by atoms with Gasteiger partial charge in [-0.3, -0.25) is 14.5 Å². The number of hydrogen-bond donors (Lipinski definition) is 1. The first kappa shape index (κ1) is 16.2. The Labute approximate surface area is 128 Å². The van der Waals surface area contributed by atoms with Gasteiger partial charge in [0.15, 0.2) is 0 Å². The molecule has 2 amide bonds. The Hall–Kier alpha value is -2.15. The molecular weight excluding hydrogens is 289 g/mol. The van der Waals surface area contributed by atoms with Crippen molar-refractivity contribution in [1.29, 1.82) is 0 Å². The maximum Gasteiger partial charge on any atom is 0.257 e. The van der Waals surface area contributed by atoms with Crippen LogP contribution >= 0.6 is 0 Å². The highest BCUT2D eigenvalue weighted by Gasteiger charge is 2.25. The molecule has 1 heterocycles. The molecule has 1 saturated heterocycles. The van der Waals surface area contributed by atoms with E-state index in [-0.39, 0.29) is 17.4 Å². The van der Waals surface area contributed by atoms with Crippen molar-refractivity contribution in [3.05, 3.63) is 29.6 Å². The number of benzene rings is 1. The van der Waals surface area contributed by atoms with Gasteiger partial charge in [0.25, 0.3) is 5.91 Å². The Bertz CT molecular complexity index is 557. The quantitative estimate of drug-likeness (QED) is 0.871. The Morgan fingerprint density at radius 1 is 1.27 bits per heavy atom. The molecule has 1 fully saturated rings. The summed E-state index contributed by atoms with van der Waals surface area (Å²) in [5.41, 5.74) is 0.224. The van der Waals surface area contributed by atoms with E-state index in [9.17, 15) is 14.0 Å². The largest absolute Gasteiger partial charge is 0.496 e. The second-order valence-electron chi connectivity index (χ2n) is 5.09. The van der Waals surface area contributed by atoms with E-state index in [2.05, 4.69) is 5.32 Å². The van der Waals surface area contributed by atoms with E-state index in [4.69, 9.17) is 4.74 Å². The zero-order valence-corrected chi connectivity index (χ0v) is 12.8. The third-order valence-corrected chi connectivity index (χ3v) is 3.70. The highest BCUT2D eigenvalue weighted by atomic mass is 19.1. The van der Waals surface area contributed by atoms with E-state index < -0.39 is 5.82 Å². The van der Waals surface area contributed by atoms with Crippen molar-refractivity contribution in [2.75, 3.05) is 46.9 Å². The number of rotatable bonds is 4. The van der Waals surface area contributed by atoms with Gasteiger partial charge in [-0.15, -0.1) is 0 Å². The van der Waals surface area contributed by atoms with Crippen molar-refractivity contribution in [2.45, 2.75) is 0 Å². The molecule has 7 heteroatoms. The van der Waals surface area contributed by atoms with Crippen LogP contribution in [-0.4, -0.2) is 68.5 Å². The Morgan fingerprint density at radius 2 is 1.95 bits per heavy atom. The molecular formula is C15H20FN3O3. The van der Waals surface area contributed by atoms with E-state index in [0.29, 0.717) is 38.5 Å². The van der Waals surface area contributed by atoms with Crippen LogP contribution in [0.25, 0.3) is 0 Å². The number of hydrogen-bond acceptors (Lipinski definition) is 4.